The Labute approximate surface area is 123 Å². The molecule has 112 valence electrons. The van der Waals surface area contributed by atoms with Crippen LogP contribution in [-0.2, 0) is 11.3 Å². The number of aryl methyl sites for hydroxylation is 1. The molecule has 7 nitrogen and oxygen atoms in total. The highest BCUT2D eigenvalue weighted by atomic mass is 16.5. The summed E-state index contributed by atoms with van der Waals surface area (Å²) >= 11 is 0. The van der Waals surface area contributed by atoms with Crippen LogP contribution in [0.3, 0.4) is 0 Å². The predicted octanol–water partition coefficient (Wildman–Crippen LogP) is 0.706. The molecule has 1 amide bonds. The molecule has 0 bridgehead atoms. The van der Waals surface area contributed by atoms with Crippen molar-refractivity contribution < 1.29 is 9.53 Å². The minimum Gasteiger partial charge on any atom is -0.491 e. The van der Waals surface area contributed by atoms with Crippen LogP contribution in [0.4, 0.5) is 5.95 Å². The topological polar surface area (TPSA) is 86.3 Å². The summed E-state index contributed by atoms with van der Waals surface area (Å²) in [6.45, 7) is 3.04. The van der Waals surface area contributed by atoms with Gasteiger partial charge in [-0.3, -0.25) is 4.79 Å². The summed E-state index contributed by atoms with van der Waals surface area (Å²) in [5, 5.41) is 3.88. The first-order valence-corrected chi connectivity index (χ1v) is 6.63. The largest absolute Gasteiger partial charge is 0.491 e. The van der Waals surface area contributed by atoms with Gasteiger partial charge in [0.25, 0.3) is 0 Å². The number of nitrogens with zero attached hydrogens (tertiary/aromatic N) is 4. The minimum absolute atomic E-state index is 0.0757. The molecular weight excluding hydrogens is 270 g/mol. The number of nitrogen functional groups attached to an aromatic ring is 1. The summed E-state index contributed by atoms with van der Waals surface area (Å²) in [6, 6.07) is 7.78. The Bertz CT molecular complexity index is 611. The Morgan fingerprint density at radius 2 is 2.19 bits per heavy atom. The number of nitrogens with two attached hydrogens (primary N) is 1. The van der Waals surface area contributed by atoms with Crippen molar-refractivity contribution in [1.82, 2.24) is 19.7 Å². The van der Waals surface area contributed by atoms with Gasteiger partial charge in [0.1, 0.15) is 25.2 Å². The van der Waals surface area contributed by atoms with Crippen molar-refractivity contribution in [3.8, 4) is 5.75 Å². The molecule has 21 heavy (non-hydrogen) atoms. The number of benzene rings is 1. The number of carbonyl (C=O) groups is 1. The number of rotatable bonds is 6. The minimum atomic E-state index is -0.0757. The van der Waals surface area contributed by atoms with Gasteiger partial charge >= 0.3 is 0 Å². The number of ether oxygens (including phenoxy) is 1. The molecule has 2 aromatic rings. The Hall–Kier alpha value is -2.57. The average molecular weight is 289 g/mol. The third-order valence-corrected chi connectivity index (χ3v) is 3.06. The maximum Gasteiger partial charge on any atom is 0.244 e. The Kier molecular flexibility index (Phi) is 4.76. The number of amides is 1. The molecule has 0 spiro atoms. The molecule has 0 saturated carbocycles. The highest BCUT2D eigenvalue weighted by Crippen LogP contribution is 2.15. The highest BCUT2D eigenvalue weighted by molar-refractivity contribution is 5.75. The van der Waals surface area contributed by atoms with E-state index in [0.717, 1.165) is 11.3 Å². The van der Waals surface area contributed by atoms with Gasteiger partial charge in [-0.1, -0.05) is 18.2 Å². The first kappa shape index (κ1) is 14.8. The van der Waals surface area contributed by atoms with Crippen LogP contribution in [0, 0.1) is 6.92 Å². The van der Waals surface area contributed by atoms with Gasteiger partial charge in [0.05, 0.1) is 6.54 Å². The summed E-state index contributed by atoms with van der Waals surface area (Å²) in [6.07, 6.45) is 1.44. The van der Waals surface area contributed by atoms with Crippen LogP contribution in [0.5, 0.6) is 5.75 Å². The Morgan fingerprint density at radius 1 is 1.43 bits per heavy atom. The van der Waals surface area contributed by atoms with Crippen LogP contribution in [0.1, 0.15) is 5.56 Å². The molecule has 0 aliphatic heterocycles. The van der Waals surface area contributed by atoms with Gasteiger partial charge in [0.2, 0.25) is 11.9 Å². The van der Waals surface area contributed by atoms with E-state index < -0.39 is 0 Å². The monoisotopic (exact) mass is 289 g/mol. The van der Waals surface area contributed by atoms with Crippen molar-refractivity contribution in [2.24, 2.45) is 0 Å². The SMILES string of the molecule is Cc1ccccc1OCCN(C)C(=O)Cn1cnc(N)n1. The van der Waals surface area contributed by atoms with Crippen LogP contribution in [0.25, 0.3) is 0 Å². The molecule has 0 saturated heterocycles. The second-order valence-electron chi connectivity index (χ2n) is 4.73. The maximum atomic E-state index is 12.0. The van der Waals surface area contributed by atoms with E-state index in [1.807, 2.05) is 31.2 Å². The lowest BCUT2D eigenvalue weighted by molar-refractivity contribution is -0.131. The molecule has 1 aromatic carbocycles. The zero-order valence-electron chi connectivity index (χ0n) is 12.2. The van der Waals surface area contributed by atoms with Gasteiger partial charge < -0.3 is 15.4 Å². The molecule has 0 fully saturated rings. The van der Waals surface area contributed by atoms with Gasteiger partial charge in [-0.2, -0.15) is 0 Å². The van der Waals surface area contributed by atoms with Gasteiger partial charge in [0, 0.05) is 7.05 Å². The van der Waals surface area contributed by atoms with Gasteiger partial charge in [0.15, 0.2) is 0 Å². The zero-order valence-corrected chi connectivity index (χ0v) is 12.2. The van der Waals surface area contributed by atoms with Gasteiger partial charge in [-0.15, -0.1) is 5.10 Å². The third kappa shape index (κ3) is 4.20. The summed E-state index contributed by atoms with van der Waals surface area (Å²) in [5.74, 6) is 0.920. The molecule has 2 rings (SSSR count). The van der Waals surface area contributed by atoms with Crippen molar-refractivity contribution in [2.75, 3.05) is 25.9 Å². The molecule has 0 atom stereocenters. The lowest BCUT2D eigenvalue weighted by Gasteiger charge is -2.17. The van der Waals surface area contributed by atoms with Crippen LogP contribution >= 0.6 is 0 Å². The van der Waals surface area contributed by atoms with Crippen molar-refractivity contribution in [1.29, 1.82) is 0 Å². The lowest BCUT2D eigenvalue weighted by atomic mass is 10.2. The van der Waals surface area contributed by atoms with Crippen LogP contribution < -0.4 is 10.5 Å². The fraction of sp³-hybridized carbons (Fsp3) is 0.357. The van der Waals surface area contributed by atoms with E-state index in [4.69, 9.17) is 10.5 Å². The van der Waals surface area contributed by atoms with Gasteiger partial charge in [-0.05, 0) is 18.6 Å². The second kappa shape index (κ2) is 6.74. The Balaban J connectivity index is 1.77. The lowest BCUT2D eigenvalue weighted by Crippen LogP contribution is -2.33. The first-order valence-electron chi connectivity index (χ1n) is 6.63. The Morgan fingerprint density at radius 3 is 2.86 bits per heavy atom. The van der Waals surface area contributed by atoms with Crippen molar-refractivity contribution in [3.63, 3.8) is 0 Å². The zero-order chi connectivity index (χ0) is 15.2. The number of para-hydroxylation sites is 1. The molecule has 0 radical (unpaired) electrons. The van der Waals surface area contributed by atoms with E-state index in [9.17, 15) is 4.79 Å². The van der Waals surface area contributed by atoms with Crippen LogP contribution in [0.15, 0.2) is 30.6 Å². The van der Waals surface area contributed by atoms with E-state index in [2.05, 4.69) is 10.1 Å². The molecule has 1 aromatic heterocycles. The molecule has 1 heterocycles. The van der Waals surface area contributed by atoms with Gasteiger partial charge in [-0.25, -0.2) is 9.67 Å². The van der Waals surface area contributed by atoms with E-state index in [1.54, 1.807) is 11.9 Å². The van der Waals surface area contributed by atoms with Crippen molar-refractivity contribution in [3.05, 3.63) is 36.2 Å². The average Bonchev–Trinajstić information content (AvgIpc) is 2.86. The van der Waals surface area contributed by atoms with Crippen molar-refractivity contribution >= 4 is 11.9 Å². The van der Waals surface area contributed by atoms with Crippen molar-refractivity contribution in [2.45, 2.75) is 13.5 Å². The molecule has 7 heteroatoms. The van der Waals surface area contributed by atoms with E-state index in [0.29, 0.717) is 13.2 Å². The predicted molar refractivity (Wildman–Crippen MR) is 78.7 cm³/mol. The number of likely N-dealkylation sites (N-methyl/N-ethyl adjacent to an activating group) is 1. The number of aromatic nitrogens is 3. The quantitative estimate of drug-likeness (QED) is 0.846. The fourth-order valence-corrected chi connectivity index (χ4v) is 1.78. The normalized spacial score (nSPS) is 10.4. The van der Waals surface area contributed by atoms with E-state index >= 15 is 0 Å². The number of anilines is 1. The van der Waals surface area contributed by atoms with E-state index in [1.165, 1.54) is 11.0 Å². The molecular formula is C14H19N5O2. The summed E-state index contributed by atoms with van der Waals surface area (Å²) < 4.78 is 7.08. The fourth-order valence-electron chi connectivity index (χ4n) is 1.78. The molecule has 0 unspecified atom stereocenters. The number of hydrogen-bond acceptors (Lipinski definition) is 5. The molecule has 0 aliphatic carbocycles. The standard InChI is InChI=1S/C14H19N5O2/c1-11-5-3-4-6-12(11)21-8-7-18(2)13(20)9-19-10-16-14(15)17-19/h3-6,10H,7-9H2,1-2H3,(H2,15,17). The second-order valence-corrected chi connectivity index (χ2v) is 4.73. The molecule has 0 aliphatic rings. The number of hydrogen-bond donors (Lipinski definition) is 1. The maximum absolute atomic E-state index is 12.0. The molecule has 2 N–H and O–H groups in total. The van der Waals surface area contributed by atoms with Crippen LogP contribution in [0.2, 0.25) is 0 Å². The summed E-state index contributed by atoms with van der Waals surface area (Å²) in [7, 11) is 1.73. The number of carbonyl (C=O) groups excluding carboxylic acids is 1. The summed E-state index contributed by atoms with van der Waals surface area (Å²) in [4.78, 5) is 17.3. The third-order valence-electron chi connectivity index (χ3n) is 3.06. The highest BCUT2D eigenvalue weighted by Gasteiger charge is 2.10. The first-order chi connectivity index (χ1) is 10.1. The summed E-state index contributed by atoms with van der Waals surface area (Å²) in [5.41, 5.74) is 6.47. The van der Waals surface area contributed by atoms with E-state index in [-0.39, 0.29) is 18.4 Å². The smallest absolute Gasteiger partial charge is 0.244 e. The van der Waals surface area contributed by atoms with Crippen LogP contribution in [-0.4, -0.2) is 45.8 Å².